The molecule has 0 saturated heterocycles. The van der Waals surface area contributed by atoms with Crippen molar-refractivity contribution in [2.45, 2.75) is 31.7 Å². The first-order chi connectivity index (χ1) is 8.55. The summed E-state index contributed by atoms with van der Waals surface area (Å²) >= 11 is 9.08. The van der Waals surface area contributed by atoms with E-state index in [0.717, 1.165) is 24.2 Å². The monoisotopic (exact) mass is 330 g/mol. The van der Waals surface area contributed by atoms with Crippen molar-refractivity contribution in [3.63, 3.8) is 0 Å². The van der Waals surface area contributed by atoms with E-state index in [9.17, 15) is 4.39 Å². The summed E-state index contributed by atoms with van der Waals surface area (Å²) in [7, 11) is 0. The largest absolute Gasteiger partial charge is 0.322 e. The molecule has 1 fully saturated rings. The molecule has 2 aromatic rings. The molecule has 0 unspecified atom stereocenters. The van der Waals surface area contributed by atoms with Crippen molar-refractivity contribution in [1.29, 1.82) is 0 Å². The van der Waals surface area contributed by atoms with Crippen LogP contribution in [-0.2, 0) is 12.0 Å². The van der Waals surface area contributed by atoms with Crippen LogP contribution in [0.3, 0.4) is 0 Å². The Bertz CT molecular complexity index is 619. The van der Waals surface area contributed by atoms with Gasteiger partial charge in [0.1, 0.15) is 11.6 Å². The second-order valence-electron chi connectivity index (χ2n) is 5.05. The lowest BCUT2D eigenvalue weighted by Gasteiger charge is -2.15. The molecule has 0 bridgehead atoms. The summed E-state index contributed by atoms with van der Waals surface area (Å²) in [5, 5.41) is 0. The van der Waals surface area contributed by atoms with Crippen LogP contribution in [0, 0.1) is 5.82 Å². The first kappa shape index (κ1) is 12.4. The van der Waals surface area contributed by atoms with E-state index in [0.29, 0.717) is 22.3 Å². The summed E-state index contributed by atoms with van der Waals surface area (Å²) in [5.74, 6) is 1.21. The van der Waals surface area contributed by atoms with Crippen molar-refractivity contribution < 1.29 is 4.39 Å². The number of alkyl halides is 1. The number of rotatable bonds is 3. The van der Waals surface area contributed by atoms with Gasteiger partial charge in [0.2, 0.25) is 0 Å². The summed E-state index contributed by atoms with van der Waals surface area (Å²) in [5.41, 5.74) is 1.83. The zero-order valence-electron chi connectivity index (χ0n) is 10.0. The average molecular weight is 332 g/mol. The molecule has 1 aromatic heterocycles. The van der Waals surface area contributed by atoms with Gasteiger partial charge in [-0.25, -0.2) is 9.37 Å². The maximum absolute atomic E-state index is 13.6. The normalized spacial score (nSPS) is 17.3. The standard InChI is InChI=1S/C13H13BrClFN2/c1-13(3-4-13)18-11-6-8(14)9(16)7-10(11)17-12(18)2-5-15/h6-7H,2-5H2,1H3. The Hall–Kier alpha value is -0.610. The number of aryl methyl sites for hydroxylation is 1. The average Bonchev–Trinajstić information content (AvgIpc) is 2.94. The molecule has 1 aromatic carbocycles. The van der Waals surface area contributed by atoms with Crippen molar-refractivity contribution in [3.8, 4) is 0 Å². The van der Waals surface area contributed by atoms with Gasteiger partial charge in [-0.3, -0.25) is 0 Å². The first-order valence-corrected chi connectivity index (χ1v) is 7.31. The third-order valence-corrected chi connectivity index (χ3v) is 4.39. The van der Waals surface area contributed by atoms with Gasteiger partial charge in [-0.1, -0.05) is 0 Å². The van der Waals surface area contributed by atoms with E-state index in [-0.39, 0.29) is 11.4 Å². The lowest BCUT2D eigenvalue weighted by molar-refractivity contribution is 0.525. The summed E-state index contributed by atoms with van der Waals surface area (Å²) < 4.78 is 16.3. The molecule has 1 saturated carbocycles. The van der Waals surface area contributed by atoms with Crippen LogP contribution >= 0.6 is 27.5 Å². The lowest BCUT2D eigenvalue weighted by atomic mass is 10.2. The fraction of sp³-hybridized carbons (Fsp3) is 0.462. The van der Waals surface area contributed by atoms with Crippen LogP contribution in [0.5, 0.6) is 0 Å². The minimum absolute atomic E-state index is 0.132. The molecule has 0 spiro atoms. The number of nitrogens with zero attached hydrogens (tertiary/aromatic N) is 2. The van der Waals surface area contributed by atoms with Crippen LogP contribution in [-0.4, -0.2) is 15.4 Å². The molecule has 2 nitrogen and oxygen atoms in total. The molecule has 96 valence electrons. The van der Waals surface area contributed by atoms with E-state index in [4.69, 9.17) is 11.6 Å². The highest BCUT2D eigenvalue weighted by molar-refractivity contribution is 9.10. The lowest BCUT2D eigenvalue weighted by Crippen LogP contribution is -2.16. The van der Waals surface area contributed by atoms with E-state index in [1.165, 1.54) is 6.07 Å². The van der Waals surface area contributed by atoms with Crippen LogP contribution in [0.25, 0.3) is 11.0 Å². The zero-order chi connectivity index (χ0) is 12.9. The molecule has 18 heavy (non-hydrogen) atoms. The van der Waals surface area contributed by atoms with Gasteiger partial charge in [0.25, 0.3) is 0 Å². The Morgan fingerprint density at radius 3 is 2.83 bits per heavy atom. The fourth-order valence-corrected chi connectivity index (χ4v) is 2.88. The van der Waals surface area contributed by atoms with Crippen molar-refractivity contribution in [3.05, 3.63) is 28.2 Å². The van der Waals surface area contributed by atoms with Gasteiger partial charge >= 0.3 is 0 Å². The quantitative estimate of drug-likeness (QED) is 0.770. The molecule has 3 rings (SSSR count). The highest BCUT2D eigenvalue weighted by Crippen LogP contribution is 2.46. The zero-order valence-corrected chi connectivity index (χ0v) is 12.4. The maximum atomic E-state index is 13.6. The second-order valence-corrected chi connectivity index (χ2v) is 6.29. The number of hydrogen-bond donors (Lipinski definition) is 0. The van der Waals surface area contributed by atoms with E-state index in [2.05, 4.69) is 32.4 Å². The fourth-order valence-electron chi connectivity index (χ4n) is 2.38. The summed E-state index contributed by atoms with van der Waals surface area (Å²) in [6, 6.07) is 3.30. The van der Waals surface area contributed by atoms with Gasteiger partial charge in [0.15, 0.2) is 0 Å². The highest BCUT2D eigenvalue weighted by Gasteiger charge is 2.41. The Balaban J connectivity index is 2.27. The third kappa shape index (κ3) is 1.86. The molecule has 5 heteroatoms. The van der Waals surface area contributed by atoms with Crippen molar-refractivity contribution in [2.24, 2.45) is 0 Å². The van der Waals surface area contributed by atoms with Gasteiger partial charge in [-0.05, 0) is 41.8 Å². The van der Waals surface area contributed by atoms with Crippen LogP contribution < -0.4 is 0 Å². The molecule has 1 aliphatic carbocycles. The SMILES string of the molecule is CC1(n2c(CCCl)nc3cc(F)c(Br)cc32)CC1. The van der Waals surface area contributed by atoms with Gasteiger partial charge in [0, 0.05) is 23.9 Å². The predicted molar refractivity (Wildman–Crippen MR) is 74.7 cm³/mol. The van der Waals surface area contributed by atoms with Gasteiger partial charge in [-0.15, -0.1) is 11.6 Å². The molecule has 0 aliphatic heterocycles. The minimum Gasteiger partial charge on any atom is -0.322 e. The highest BCUT2D eigenvalue weighted by atomic mass is 79.9. The summed E-state index contributed by atoms with van der Waals surface area (Å²) in [4.78, 5) is 4.53. The van der Waals surface area contributed by atoms with Gasteiger partial charge in [-0.2, -0.15) is 0 Å². The maximum Gasteiger partial charge on any atom is 0.139 e. The van der Waals surface area contributed by atoms with Crippen LogP contribution in [0.4, 0.5) is 4.39 Å². The van der Waals surface area contributed by atoms with Gasteiger partial charge < -0.3 is 4.57 Å². The Morgan fingerprint density at radius 2 is 2.22 bits per heavy atom. The third-order valence-electron chi connectivity index (χ3n) is 3.60. The second kappa shape index (κ2) is 4.20. The van der Waals surface area contributed by atoms with E-state index in [1.807, 2.05) is 6.07 Å². The van der Waals surface area contributed by atoms with Crippen LogP contribution in [0.2, 0.25) is 0 Å². The molecular formula is C13H13BrClFN2. The molecule has 1 aliphatic rings. The summed E-state index contributed by atoms with van der Waals surface area (Å²) in [6.07, 6.45) is 3.00. The van der Waals surface area contributed by atoms with Crippen LogP contribution in [0.15, 0.2) is 16.6 Å². The summed E-state index contributed by atoms with van der Waals surface area (Å²) in [6.45, 7) is 2.21. The van der Waals surface area contributed by atoms with Gasteiger partial charge in [0.05, 0.1) is 15.5 Å². The van der Waals surface area contributed by atoms with Crippen molar-refractivity contribution in [1.82, 2.24) is 9.55 Å². The number of hydrogen-bond acceptors (Lipinski definition) is 1. The number of imidazole rings is 1. The van der Waals surface area contributed by atoms with E-state index < -0.39 is 0 Å². The minimum atomic E-state index is -0.273. The predicted octanol–water partition coefficient (Wildman–Crippen LogP) is 4.23. The molecule has 0 N–H and O–H groups in total. The number of aromatic nitrogens is 2. The number of benzene rings is 1. The Kier molecular flexibility index (Phi) is 2.90. The molecular weight excluding hydrogens is 319 g/mol. The number of halogens is 3. The van der Waals surface area contributed by atoms with E-state index >= 15 is 0 Å². The van der Waals surface area contributed by atoms with Crippen LogP contribution in [0.1, 0.15) is 25.6 Å². The topological polar surface area (TPSA) is 17.8 Å². The smallest absolute Gasteiger partial charge is 0.139 e. The molecule has 1 heterocycles. The first-order valence-electron chi connectivity index (χ1n) is 5.98. The van der Waals surface area contributed by atoms with Crippen molar-refractivity contribution in [2.75, 3.05) is 5.88 Å². The Morgan fingerprint density at radius 1 is 1.50 bits per heavy atom. The van der Waals surface area contributed by atoms with Crippen molar-refractivity contribution >= 4 is 38.6 Å². The molecule has 0 amide bonds. The molecule has 0 radical (unpaired) electrons. The molecule has 0 atom stereocenters. The van der Waals surface area contributed by atoms with E-state index in [1.54, 1.807) is 0 Å². The number of fused-ring (bicyclic) bond motifs is 1. The Labute approximate surface area is 118 Å².